The molecule has 0 saturated heterocycles. The lowest BCUT2D eigenvalue weighted by molar-refractivity contribution is 0.292. The third-order valence-corrected chi connectivity index (χ3v) is 6.84. The fourth-order valence-corrected chi connectivity index (χ4v) is 4.60. The third kappa shape index (κ3) is 7.40. The lowest BCUT2D eigenvalue weighted by Crippen LogP contribution is -2.05. The van der Waals surface area contributed by atoms with Crippen LogP contribution in [0, 0.1) is 0 Å². The largest absolute Gasteiger partial charge is 0.489 e. The molecule has 1 heterocycles. The molecule has 1 aromatic heterocycles. The molecule has 0 saturated carbocycles. The maximum atomic E-state index is 13.3. The lowest BCUT2D eigenvalue weighted by Gasteiger charge is -2.13. The molecule has 5 nitrogen and oxygen atoms in total. The van der Waals surface area contributed by atoms with E-state index in [9.17, 15) is 4.79 Å². The van der Waals surface area contributed by atoms with Crippen molar-refractivity contribution in [3.63, 3.8) is 0 Å². The van der Waals surface area contributed by atoms with Gasteiger partial charge in [-0.1, -0.05) is 109 Å². The highest BCUT2D eigenvalue weighted by atomic mass is 16.5. The lowest BCUT2D eigenvalue weighted by atomic mass is 10.1. The number of benzene rings is 5. The van der Waals surface area contributed by atoms with Gasteiger partial charge in [0.1, 0.15) is 53.8 Å². The Hall–Kier alpha value is -5.55. The van der Waals surface area contributed by atoms with E-state index in [1.54, 1.807) is 18.2 Å². The van der Waals surface area contributed by atoms with Gasteiger partial charge in [-0.25, -0.2) is 0 Å². The maximum absolute atomic E-state index is 13.3. The highest BCUT2D eigenvalue weighted by Crippen LogP contribution is 2.31. The zero-order valence-electron chi connectivity index (χ0n) is 23.5. The van der Waals surface area contributed by atoms with E-state index in [-0.39, 0.29) is 5.43 Å². The minimum Gasteiger partial charge on any atom is -0.489 e. The Morgan fingerprint density at radius 1 is 0.535 bits per heavy atom. The van der Waals surface area contributed by atoms with Gasteiger partial charge in [-0.2, -0.15) is 0 Å². The first-order valence-corrected chi connectivity index (χ1v) is 14.1. The predicted molar refractivity (Wildman–Crippen MR) is 170 cm³/mol. The number of hydrogen-bond donors (Lipinski definition) is 0. The van der Waals surface area contributed by atoms with E-state index in [1.165, 1.54) is 6.07 Å². The van der Waals surface area contributed by atoms with Crippen LogP contribution >= 0.6 is 0 Å². The van der Waals surface area contributed by atoms with Gasteiger partial charge < -0.3 is 18.6 Å². The van der Waals surface area contributed by atoms with Crippen LogP contribution in [0.1, 0.15) is 28.0 Å². The van der Waals surface area contributed by atoms with Gasteiger partial charge in [-0.15, -0.1) is 0 Å². The summed E-state index contributed by atoms with van der Waals surface area (Å²) in [6.45, 7) is 1.19. The molecular formula is C38H30O5. The summed E-state index contributed by atoms with van der Waals surface area (Å²) >= 11 is 0. The van der Waals surface area contributed by atoms with Gasteiger partial charge in [-0.05, 0) is 40.5 Å². The van der Waals surface area contributed by atoms with Gasteiger partial charge in [0, 0.05) is 18.2 Å². The normalized spacial score (nSPS) is 11.1. The van der Waals surface area contributed by atoms with Crippen LogP contribution < -0.4 is 19.6 Å². The van der Waals surface area contributed by atoms with Crippen LogP contribution in [0.5, 0.6) is 17.2 Å². The fourth-order valence-electron chi connectivity index (χ4n) is 4.60. The van der Waals surface area contributed by atoms with Crippen molar-refractivity contribution in [1.82, 2.24) is 0 Å². The molecule has 5 heteroatoms. The summed E-state index contributed by atoms with van der Waals surface area (Å²) in [6.07, 6.45) is 3.68. The van der Waals surface area contributed by atoms with E-state index in [2.05, 4.69) is 0 Å². The molecule has 212 valence electrons. The summed E-state index contributed by atoms with van der Waals surface area (Å²) in [7, 11) is 0. The Morgan fingerprint density at radius 3 is 1.65 bits per heavy atom. The van der Waals surface area contributed by atoms with Gasteiger partial charge in [0.15, 0.2) is 5.43 Å². The zero-order valence-corrected chi connectivity index (χ0v) is 23.5. The molecule has 0 N–H and O–H groups in total. The Kier molecular flexibility index (Phi) is 8.61. The van der Waals surface area contributed by atoms with Crippen molar-refractivity contribution in [2.45, 2.75) is 19.8 Å². The quantitative estimate of drug-likeness (QED) is 0.157. The standard InChI is InChI=1S/C38H30O5/c39-35-22-33(21-18-28-16-19-32(20-17-28)40-25-29-10-4-1-5-11-29)43-37-24-34(41-26-30-12-6-2-7-13-30)23-36(38(35)37)42-27-31-14-8-3-9-15-31/h1-24H,25-27H2/b21-18+. The van der Waals surface area contributed by atoms with E-state index in [0.29, 0.717) is 48.0 Å². The van der Waals surface area contributed by atoms with Gasteiger partial charge in [0.2, 0.25) is 0 Å². The minimum absolute atomic E-state index is 0.191. The van der Waals surface area contributed by atoms with Crippen LogP contribution in [0.4, 0.5) is 0 Å². The number of ether oxygens (including phenoxy) is 3. The molecule has 0 aliphatic heterocycles. The molecule has 0 atom stereocenters. The number of hydrogen-bond acceptors (Lipinski definition) is 5. The summed E-state index contributed by atoms with van der Waals surface area (Å²) in [6, 6.07) is 42.5. The van der Waals surface area contributed by atoms with Crippen LogP contribution in [0.25, 0.3) is 23.1 Å². The number of rotatable bonds is 11. The van der Waals surface area contributed by atoms with E-state index < -0.39 is 0 Å². The molecule has 0 aliphatic carbocycles. The van der Waals surface area contributed by atoms with Gasteiger partial charge in [0.05, 0.1) is 0 Å². The Labute approximate surface area is 250 Å². The first-order valence-electron chi connectivity index (χ1n) is 14.1. The van der Waals surface area contributed by atoms with Crippen molar-refractivity contribution in [3.8, 4) is 17.2 Å². The first-order chi connectivity index (χ1) is 21.2. The average Bonchev–Trinajstić information content (AvgIpc) is 3.06. The van der Waals surface area contributed by atoms with Crippen molar-refractivity contribution in [2.75, 3.05) is 0 Å². The summed E-state index contributed by atoms with van der Waals surface area (Å²) < 4.78 is 24.3. The molecular weight excluding hydrogens is 536 g/mol. The van der Waals surface area contributed by atoms with Gasteiger partial charge >= 0.3 is 0 Å². The smallest absolute Gasteiger partial charge is 0.197 e. The second kappa shape index (κ2) is 13.4. The minimum atomic E-state index is -0.191. The molecule has 6 aromatic rings. The molecule has 5 aromatic carbocycles. The zero-order chi connectivity index (χ0) is 29.3. The molecule has 0 radical (unpaired) electrons. The van der Waals surface area contributed by atoms with Gasteiger partial charge in [-0.3, -0.25) is 4.79 Å². The predicted octanol–water partition coefficient (Wildman–Crippen LogP) is 8.70. The van der Waals surface area contributed by atoms with E-state index >= 15 is 0 Å². The van der Waals surface area contributed by atoms with Crippen LogP contribution in [0.2, 0.25) is 0 Å². The van der Waals surface area contributed by atoms with Crippen molar-refractivity contribution in [2.24, 2.45) is 0 Å². The molecule has 0 amide bonds. The summed E-state index contributed by atoms with van der Waals surface area (Å²) in [5.74, 6) is 2.18. The summed E-state index contributed by atoms with van der Waals surface area (Å²) in [4.78, 5) is 13.3. The van der Waals surface area contributed by atoms with Crippen molar-refractivity contribution in [1.29, 1.82) is 0 Å². The van der Waals surface area contributed by atoms with Gasteiger partial charge in [0.25, 0.3) is 0 Å². The molecule has 0 bridgehead atoms. The molecule has 0 unspecified atom stereocenters. The second-order valence-electron chi connectivity index (χ2n) is 10.0. The molecule has 0 fully saturated rings. The van der Waals surface area contributed by atoms with Crippen molar-refractivity contribution < 1.29 is 18.6 Å². The van der Waals surface area contributed by atoms with Crippen molar-refractivity contribution in [3.05, 3.63) is 172 Å². The van der Waals surface area contributed by atoms with Crippen LogP contribution in [0.3, 0.4) is 0 Å². The Balaban J connectivity index is 1.23. The van der Waals surface area contributed by atoms with Crippen LogP contribution in [-0.4, -0.2) is 0 Å². The highest BCUT2D eigenvalue weighted by Gasteiger charge is 2.14. The maximum Gasteiger partial charge on any atom is 0.197 e. The molecule has 0 aliphatic rings. The van der Waals surface area contributed by atoms with Crippen molar-refractivity contribution >= 4 is 23.1 Å². The average molecular weight is 567 g/mol. The second-order valence-corrected chi connectivity index (χ2v) is 10.0. The number of fused-ring (bicyclic) bond motifs is 1. The highest BCUT2D eigenvalue weighted by molar-refractivity contribution is 5.86. The van der Waals surface area contributed by atoms with Crippen LogP contribution in [-0.2, 0) is 19.8 Å². The third-order valence-electron chi connectivity index (χ3n) is 6.84. The van der Waals surface area contributed by atoms with E-state index in [4.69, 9.17) is 18.6 Å². The molecule has 6 rings (SSSR count). The Bertz CT molecular complexity index is 1860. The summed E-state index contributed by atoms with van der Waals surface area (Å²) in [5, 5.41) is 0.375. The monoisotopic (exact) mass is 566 g/mol. The fraction of sp³-hybridized carbons (Fsp3) is 0.0789. The van der Waals surface area contributed by atoms with E-state index in [1.807, 2.05) is 121 Å². The Morgan fingerprint density at radius 2 is 1.07 bits per heavy atom. The first kappa shape index (κ1) is 27.6. The molecule has 0 spiro atoms. The van der Waals surface area contributed by atoms with Crippen LogP contribution in [0.15, 0.2) is 143 Å². The summed E-state index contributed by atoms with van der Waals surface area (Å²) in [5.41, 5.74) is 4.28. The van der Waals surface area contributed by atoms with E-state index in [0.717, 1.165) is 28.0 Å². The SMILES string of the molecule is O=c1cc(/C=C/c2ccc(OCc3ccccc3)cc2)oc2cc(OCc3ccccc3)cc(OCc3ccccc3)c12. The topological polar surface area (TPSA) is 57.9 Å². The molecule has 43 heavy (non-hydrogen) atoms.